The molecule has 0 aromatic carbocycles. The summed E-state index contributed by atoms with van der Waals surface area (Å²) in [5.74, 6) is -0.389. The fraction of sp³-hybridized carbons (Fsp3) is 0.929. The van der Waals surface area contributed by atoms with Gasteiger partial charge in [-0.1, -0.05) is 0 Å². The van der Waals surface area contributed by atoms with E-state index in [2.05, 4.69) is 4.90 Å². The highest BCUT2D eigenvalue weighted by atomic mass is 32.2. The van der Waals surface area contributed by atoms with Crippen LogP contribution in [0, 0.1) is 5.92 Å². The van der Waals surface area contributed by atoms with Crippen molar-refractivity contribution in [3.05, 3.63) is 0 Å². The van der Waals surface area contributed by atoms with Gasteiger partial charge in [0.1, 0.15) is 0 Å². The first kappa shape index (κ1) is 15.2. The molecule has 3 aliphatic heterocycles. The molecule has 2 unspecified atom stereocenters. The van der Waals surface area contributed by atoms with Gasteiger partial charge < -0.3 is 14.9 Å². The Kier molecular flexibility index (Phi) is 4.00. The van der Waals surface area contributed by atoms with Gasteiger partial charge in [0.25, 0.3) is 0 Å². The number of rotatable bonds is 3. The zero-order chi connectivity index (χ0) is 15.1. The summed E-state index contributed by atoms with van der Waals surface area (Å²) in [4.78, 5) is 16.3. The molecule has 7 heteroatoms. The Morgan fingerprint density at radius 1 is 1.24 bits per heavy atom. The lowest BCUT2D eigenvalue weighted by molar-refractivity contribution is -0.134. The maximum Gasteiger partial charge on any atom is 0.226 e. The summed E-state index contributed by atoms with van der Waals surface area (Å²) in [6.45, 7) is 3.56. The molecule has 0 aromatic heterocycles. The maximum atomic E-state index is 12.4. The van der Waals surface area contributed by atoms with Crippen molar-refractivity contribution in [2.24, 2.45) is 5.92 Å². The number of nitrogens with zero attached hydrogens (tertiary/aromatic N) is 2. The van der Waals surface area contributed by atoms with Gasteiger partial charge in [-0.3, -0.25) is 4.79 Å². The van der Waals surface area contributed by atoms with E-state index in [1.165, 1.54) is 12.8 Å². The van der Waals surface area contributed by atoms with Crippen LogP contribution in [-0.2, 0) is 14.6 Å². The van der Waals surface area contributed by atoms with Crippen molar-refractivity contribution in [3.8, 4) is 0 Å². The van der Waals surface area contributed by atoms with E-state index in [-0.39, 0.29) is 17.4 Å². The lowest BCUT2D eigenvalue weighted by Crippen LogP contribution is -2.45. The SMILES string of the molecule is O=C(C1CCS(=O)(=O)C1)N1CCC(O)(CN2CCCC2)C1. The van der Waals surface area contributed by atoms with Gasteiger partial charge in [0.2, 0.25) is 5.91 Å². The molecule has 0 aliphatic carbocycles. The van der Waals surface area contributed by atoms with Crippen molar-refractivity contribution in [2.45, 2.75) is 31.3 Å². The highest BCUT2D eigenvalue weighted by molar-refractivity contribution is 7.91. The van der Waals surface area contributed by atoms with E-state index >= 15 is 0 Å². The quantitative estimate of drug-likeness (QED) is 0.758. The molecule has 0 saturated carbocycles. The number of amides is 1. The van der Waals surface area contributed by atoms with E-state index in [0.717, 1.165) is 13.1 Å². The summed E-state index contributed by atoms with van der Waals surface area (Å²) in [6, 6.07) is 0. The molecule has 0 radical (unpaired) electrons. The predicted octanol–water partition coefficient (Wildman–Crippen LogP) is -0.520. The second-order valence-corrected chi connectivity index (χ2v) is 9.05. The van der Waals surface area contributed by atoms with Crippen LogP contribution in [0.15, 0.2) is 0 Å². The van der Waals surface area contributed by atoms with Crippen molar-refractivity contribution < 1.29 is 18.3 Å². The second-order valence-electron chi connectivity index (χ2n) is 6.82. The monoisotopic (exact) mass is 316 g/mol. The standard InChI is InChI=1S/C14H24N2O4S/c17-13(12-3-8-21(19,20)9-12)16-7-4-14(18,11-16)10-15-5-1-2-6-15/h12,18H,1-11H2. The van der Waals surface area contributed by atoms with Crippen LogP contribution in [0.1, 0.15) is 25.7 Å². The molecule has 3 fully saturated rings. The van der Waals surface area contributed by atoms with Gasteiger partial charge in [-0.25, -0.2) is 8.42 Å². The van der Waals surface area contributed by atoms with Gasteiger partial charge in [0.05, 0.1) is 29.6 Å². The Hall–Kier alpha value is -0.660. The fourth-order valence-electron chi connectivity index (χ4n) is 3.78. The minimum atomic E-state index is -3.04. The summed E-state index contributed by atoms with van der Waals surface area (Å²) < 4.78 is 23.0. The van der Waals surface area contributed by atoms with Gasteiger partial charge in [0.15, 0.2) is 9.84 Å². The Bertz CT molecular complexity index is 515. The number of likely N-dealkylation sites (tertiary alicyclic amines) is 2. The molecule has 0 bridgehead atoms. The number of aliphatic hydroxyl groups is 1. The van der Waals surface area contributed by atoms with Crippen LogP contribution in [0.2, 0.25) is 0 Å². The van der Waals surface area contributed by atoms with Gasteiger partial charge >= 0.3 is 0 Å². The molecule has 3 rings (SSSR count). The predicted molar refractivity (Wildman–Crippen MR) is 78.6 cm³/mol. The molecule has 6 nitrogen and oxygen atoms in total. The summed E-state index contributed by atoms with van der Waals surface area (Å²) in [6.07, 6.45) is 3.38. The van der Waals surface area contributed by atoms with Gasteiger partial charge in [0, 0.05) is 13.1 Å². The van der Waals surface area contributed by atoms with Gasteiger partial charge in [-0.15, -0.1) is 0 Å². The number of carbonyl (C=O) groups excluding carboxylic acids is 1. The molecule has 21 heavy (non-hydrogen) atoms. The second kappa shape index (κ2) is 5.52. The number of hydrogen-bond donors (Lipinski definition) is 1. The largest absolute Gasteiger partial charge is 0.387 e. The molecule has 2 atom stereocenters. The third-order valence-electron chi connectivity index (χ3n) is 4.94. The average molecular weight is 316 g/mol. The zero-order valence-corrected chi connectivity index (χ0v) is 13.1. The van der Waals surface area contributed by atoms with Crippen molar-refractivity contribution in [2.75, 3.05) is 44.2 Å². The highest BCUT2D eigenvalue weighted by Gasteiger charge is 2.43. The van der Waals surface area contributed by atoms with Crippen molar-refractivity contribution in [1.82, 2.24) is 9.80 Å². The van der Waals surface area contributed by atoms with E-state index in [1.54, 1.807) is 4.90 Å². The summed E-state index contributed by atoms with van der Waals surface area (Å²) in [5, 5.41) is 10.7. The maximum absolute atomic E-state index is 12.4. The third-order valence-corrected chi connectivity index (χ3v) is 6.71. The summed E-state index contributed by atoms with van der Waals surface area (Å²) >= 11 is 0. The number of hydrogen-bond acceptors (Lipinski definition) is 5. The average Bonchev–Trinajstić information content (AvgIpc) is 3.10. The van der Waals surface area contributed by atoms with Crippen LogP contribution in [0.25, 0.3) is 0 Å². The fourth-order valence-corrected chi connectivity index (χ4v) is 5.51. The lowest BCUT2D eigenvalue weighted by atomic mass is 10.0. The molecule has 1 amide bonds. The molecular weight excluding hydrogens is 292 g/mol. The van der Waals surface area contributed by atoms with Crippen LogP contribution in [0.3, 0.4) is 0 Å². The first-order chi connectivity index (χ1) is 9.87. The van der Waals surface area contributed by atoms with Crippen LogP contribution in [0.4, 0.5) is 0 Å². The lowest BCUT2D eigenvalue weighted by Gasteiger charge is -2.29. The van der Waals surface area contributed by atoms with Gasteiger partial charge in [-0.05, 0) is 38.8 Å². The minimum absolute atomic E-state index is 0.0209. The molecule has 1 N–H and O–H groups in total. The van der Waals surface area contributed by atoms with Crippen LogP contribution >= 0.6 is 0 Å². The topological polar surface area (TPSA) is 77.9 Å². The molecule has 3 heterocycles. The van der Waals surface area contributed by atoms with E-state index in [4.69, 9.17) is 0 Å². The normalized spacial score (nSPS) is 36.4. The highest BCUT2D eigenvalue weighted by Crippen LogP contribution is 2.28. The smallest absolute Gasteiger partial charge is 0.226 e. The molecular formula is C14H24N2O4S. The number of carbonyl (C=O) groups is 1. The number of sulfone groups is 1. The van der Waals surface area contributed by atoms with Crippen molar-refractivity contribution >= 4 is 15.7 Å². The summed E-state index contributed by atoms with van der Waals surface area (Å²) in [7, 11) is -3.04. The van der Waals surface area contributed by atoms with Crippen LogP contribution in [-0.4, -0.2) is 79.1 Å². The Labute approximate surface area is 126 Å². The molecule has 120 valence electrons. The Balaban J connectivity index is 1.57. The summed E-state index contributed by atoms with van der Waals surface area (Å²) in [5.41, 5.74) is -0.822. The van der Waals surface area contributed by atoms with Crippen LogP contribution in [0.5, 0.6) is 0 Å². The first-order valence-electron chi connectivity index (χ1n) is 7.81. The van der Waals surface area contributed by atoms with Crippen LogP contribution < -0.4 is 0 Å². The Morgan fingerprint density at radius 3 is 2.57 bits per heavy atom. The van der Waals surface area contributed by atoms with E-state index in [9.17, 15) is 18.3 Å². The zero-order valence-electron chi connectivity index (χ0n) is 12.3. The first-order valence-corrected chi connectivity index (χ1v) is 9.63. The minimum Gasteiger partial charge on any atom is -0.387 e. The van der Waals surface area contributed by atoms with Crippen molar-refractivity contribution in [1.29, 1.82) is 0 Å². The molecule has 0 aromatic rings. The van der Waals surface area contributed by atoms with E-state index in [0.29, 0.717) is 32.5 Å². The molecule has 3 aliphatic rings. The molecule has 3 saturated heterocycles. The van der Waals surface area contributed by atoms with Gasteiger partial charge in [-0.2, -0.15) is 0 Å². The van der Waals surface area contributed by atoms with E-state index in [1.807, 2.05) is 0 Å². The third kappa shape index (κ3) is 3.40. The Morgan fingerprint density at radius 2 is 1.95 bits per heavy atom. The van der Waals surface area contributed by atoms with E-state index < -0.39 is 21.4 Å². The number of β-amino-alcohol motifs (C(OH)–C–C–N with tert-alkyl or cyclic N) is 1. The van der Waals surface area contributed by atoms with Crippen molar-refractivity contribution in [3.63, 3.8) is 0 Å². The molecule has 0 spiro atoms.